The number of hydrogen-bond donors (Lipinski definition) is 1. The van der Waals surface area contributed by atoms with Gasteiger partial charge in [0.1, 0.15) is 11.6 Å². The molecule has 2 fully saturated rings. The van der Waals surface area contributed by atoms with E-state index < -0.39 is 17.8 Å². The van der Waals surface area contributed by atoms with Crippen molar-refractivity contribution in [3.8, 4) is 0 Å². The average Bonchev–Trinajstić information content (AvgIpc) is 3.29. The van der Waals surface area contributed by atoms with Gasteiger partial charge in [-0.05, 0) is 62.4 Å². The Morgan fingerprint density at radius 3 is 2.40 bits per heavy atom. The molecule has 0 aliphatic carbocycles. The van der Waals surface area contributed by atoms with Crippen LogP contribution >= 0.6 is 0 Å². The summed E-state index contributed by atoms with van der Waals surface area (Å²) in [5.74, 6) is -1.71. The standard InChI is InChI=1S/C23H25F4N7O/c24-16-4-5-18(32-10-2-1-3-11-32)17(14-16)28-21(35)15-8-12-33(13-9-15)20-7-6-19-29-30-22(23(25,26)27)34(19)31-20/h4-7,14-15H,1-3,8-13H2,(H,28,35). The first-order chi connectivity index (χ1) is 16.8. The molecular formula is C23H25F4N7O. The molecule has 0 atom stereocenters. The average molecular weight is 491 g/mol. The Kier molecular flexibility index (Phi) is 6.20. The van der Waals surface area contributed by atoms with Crippen molar-refractivity contribution in [1.29, 1.82) is 0 Å². The van der Waals surface area contributed by atoms with Gasteiger partial charge in [0.15, 0.2) is 5.65 Å². The minimum Gasteiger partial charge on any atom is -0.370 e. The van der Waals surface area contributed by atoms with Gasteiger partial charge in [-0.3, -0.25) is 4.79 Å². The number of halogens is 4. The molecular weight excluding hydrogens is 466 g/mol. The fraction of sp³-hybridized carbons (Fsp3) is 0.478. The summed E-state index contributed by atoms with van der Waals surface area (Å²) in [5.41, 5.74) is 1.30. The minimum atomic E-state index is -4.67. The van der Waals surface area contributed by atoms with E-state index in [4.69, 9.17) is 0 Å². The van der Waals surface area contributed by atoms with E-state index in [-0.39, 0.29) is 17.5 Å². The molecule has 1 N–H and O–H groups in total. The third-order valence-corrected chi connectivity index (χ3v) is 6.61. The highest BCUT2D eigenvalue weighted by Gasteiger charge is 2.38. The van der Waals surface area contributed by atoms with Gasteiger partial charge in [0.2, 0.25) is 5.91 Å². The number of carbonyl (C=O) groups excluding carboxylic acids is 1. The van der Waals surface area contributed by atoms with Crippen LogP contribution in [0.2, 0.25) is 0 Å². The Hall–Kier alpha value is -3.44. The van der Waals surface area contributed by atoms with Gasteiger partial charge in [0, 0.05) is 32.1 Å². The van der Waals surface area contributed by atoms with E-state index in [2.05, 4.69) is 25.5 Å². The first-order valence-corrected chi connectivity index (χ1v) is 11.7. The highest BCUT2D eigenvalue weighted by atomic mass is 19.4. The lowest BCUT2D eigenvalue weighted by atomic mass is 9.95. The summed E-state index contributed by atoms with van der Waals surface area (Å²) >= 11 is 0. The van der Waals surface area contributed by atoms with Gasteiger partial charge in [-0.1, -0.05) is 0 Å². The molecule has 12 heteroatoms. The number of piperidine rings is 2. The zero-order valence-electron chi connectivity index (χ0n) is 18.9. The number of anilines is 3. The molecule has 0 saturated carbocycles. The summed E-state index contributed by atoms with van der Waals surface area (Å²) in [4.78, 5) is 17.0. The largest absolute Gasteiger partial charge is 0.453 e. The van der Waals surface area contributed by atoms with E-state index in [9.17, 15) is 22.4 Å². The van der Waals surface area contributed by atoms with Crippen LogP contribution in [-0.4, -0.2) is 51.9 Å². The van der Waals surface area contributed by atoms with Crippen molar-refractivity contribution in [3.05, 3.63) is 42.0 Å². The molecule has 0 radical (unpaired) electrons. The zero-order valence-corrected chi connectivity index (χ0v) is 18.9. The Morgan fingerprint density at radius 1 is 0.943 bits per heavy atom. The van der Waals surface area contributed by atoms with Crippen LogP contribution < -0.4 is 15.1 Å². The van der Waals surface area contributed by atoms with E-state index in [1.165, 1.54) is 18.2 Å². The van der Waals surface area contributed by atoms with Crippen molar-refractivity contribution >= 4 is 28.7 Å². The number of hydrogen-bond acceptors (Lipinski definition) is 6. The lowest BCUT2D eigenvalue weighted by Gasteiger charge is -2.33. The summed E-state index contributed by atoms with van der Waals surface area (Å²) in [5, 5.41) is 13.7. The Morgan fingerprint density at radius 2 is 1.69 bits per heavy atom. The van der Waals surface area contributed by atoms with Gasteiger partial charge in [0.25, 0.3) is 5.82 Å². The highest BCUT2D eigenvalue weighted by molar-refractivity contribution is 5.96. The number of nitrogens with zero attached hydrogens (tertiary/aromatic N) is 6. The molecule has 0 spiro atoms. The van der Waals surface area contributed by atoms with Crippen LogP contribution in [0.25, 0.3) is 5.65 Å². The number of alkyl halides is 3. The van der Waals surface area contributed by atoms with Crippen LogP contribution in [0, 0.1) is 11.7 Å². The Bertz CT molecular complexity index is 1210. The van der Waals surface area contributed by atoms with Crippen molar-refractivity contribution in [1.82, 2.24) is 19.8 Å². The predicted octanol–water partition coefficient (Wildman–Crippen LogP) is 4.13. The van der Waals surface area contributed by atoms with Gasteiger partial charge in [-0.2, -0.15) is 17.7 Å². The Balaban J connectivity index is 1.26. The predicted molar refractivity (Wildman–Crippen MR) is 122 cm³/mol. The zero-order chi connectivity index (χ0) is 24.6. The van der Waals surface area contributed by atoms with Crippen molar-refractivity contribution in [2.45, 2.75) is 38.3 Å². The van der Waals surface area contributed by atoms with Crippen molar-refractivity contribution in [2.24, 2.45) is 5.92 Å². The number of amides is 1. The number of aromatic nitrogens is 4. The summed E-state index contributed by atoms with van der Waals surface area (Å²) in [7, 11) is 0. The number of benzene rings is 1. The van der Waals surface area contributed by atoms with Crippen LogP contribution in [0.15, 0.2) is 30.3 Å². The van der Waals surface area contributed by atoms with Crippen LogP contribution in [0.4, 0.5) is 34.8 Å². The molecule has 0 bridgehead atoms. The van der Waals surface area contributed by atoms with E-state index in [0.717, 1.165) is 38.0 Å². The van der Waals surface area contributed by atoms with Crippen LogP contribution in [0.1, 0.15) is 37.9 Å². The molecule has 2 aliphatic heterocycles. The smallest absolute Gasteiger partial charge is 0.370 e. The fourth-order valence-corrected chi connectivity index (χ4v) is 4.75. The van der Waals surface area contributed by atoms with Crippen molar-refractivity contribution in [2.75, 3.05) is 41.3 Å². The number of carbonyl (C=O) groups is 1. The maximum atomic E-state index is 14.0. The summed E-state index contributed by atoms with van der Waals surface area (Å²) < 4.78 is 54.2. The number of nitrogens with one attached hydrogen (secondary N) is 1. The van der Waals surface area contributed by atoms with Crippen molar-refractivity contribution < 1.29 is 22.4 Å². The maximum absolute atomic E-state index is 14.0. The van der Waals surface area contributed by atoms with Crippen LogP contribution in [-0.2, 0) is 11.0 Å². The molecule has 186 valence electrons. The van der Waals surface area contributed by atoms with Crippen molar-refractivity contribution in [3.63, 3.8) is 0 Å². The van der Waals surface area contributed by atoms with Gasteiger partial charge in [-0.25, -0.2) is 4.39 Å². The molecule has 0 unspecified atom stereocenters. The topological polar surface area (TPSA) is 78.7 Å². The number of rotatable bonds is 4. The van der Waals surface area contributed by atoms with E-state index in [1.807, 2.05) is 4.90 Å². The third kappa shape index (κ3) is 4.87. The number of fused-ring (bicyclic) bond motifs is 1. The van der Waals surface area contributed by atoms with E-state index in [1.54, 1.807) is 12.1 Å². The first-order valence-electron chi connectivity index (χ1n) is 11.7. The van der Waals surface area contributed by atoms with Gasteiger partial charge in [-0.15, -0.1) is 15.3 Å². The second-order valence-electron chi connectivity index (χ2n) is 8.94. The SMILES string of the molecule is O=C(Nc1cc(F)ccc1N1CCCCC1)C1CCN(c2ccc3nnc(C(F)(F)F)n3n2)CC1. The molecule has 1 aromatic carbocycles. The van der Waals surface area contributed by atoms with Gasteiger partial charge >= 0.3 is 6.18 Å². The second-order valence-corrected chi connectivity index (χ2v) is 8.94. The summed E-state index contributed by atoms with van der Waals surface area (Å²) in [6.45, 7) is 2.63. The molecule has 2 saturated heterocycles. The molecule has 2 aromatic heterocycles. The summed E-state index contributed by atoms with van der Waals surface area (Å²) in [6.07, 6.45) is -0.400. The maximum Gasteiger partial charge on any atom is 0.453 e. The Labute approximate surface area is 198 Å². The molecule has 8 nitrogen and oxygen atoms in total. The highest BCUT2D eigenvalue weighted by Crippen LogP contribution is 2.32. The van der Waals surface area contributed by atoms with Gasteiger partial charge in [0.05, 0.1) is 11.4 Å². The molecule has 2 aliphatic rings. The van der Waals surface area contributed by atoms with Gasteiger partial charge < -0.3 is 15.1 Å². The second kappa shape index (κ2) is 9.31. The third-order valence-electron chi connectivity index (χ3n) is 6.61. The van der Waals surface area contributed by atoms with E-state index in [0.29, 0.717) is 42.0 Å². The molecule has 5 rings (SSSR count). The van der Waals surface area contributed by atoms with Crippen LogP contribution in [0.5, 0.6) is 0 Å². The van der Waals surface area contributed by atoms with Crippen LogP contribution in [0.3, 0.4) is 0 Å². The molecule has 3 aromatic rings. The lowest BCUT2D eigenvalue weighted by Crippen LogP contribution is -2.39. The minimum absolute atomic E-state index is 0.00921. The quantitative estimate of drug-likeness (QED) is 0.553. The summed E-state index contributed by atoms with van der Waals surface area (Å²) in [6, 6.07) is 7.51. The normalized spacial score (nSPS) is 17.7. The lowest BCUT2D eigenvalue weighted by molar-refractivity contribution is -0.146. The van der Waals surface area contributed by atoms with E-state index >= 15 is 0 Å². The molecule has 35 heavy (non-hydrogen) atoms. The first kappa shape index (κ1) is 23.3. The molecule has 1 amide bonds. The monoisotopic (exact) mass is 491 g/mol. The molecule has 4 heterocycles. The fourth-order valence-electron chi connectivity index (χ4n) is 4.75.